The first-order chi connectivity index (χ1) is 19.3. The van der Waals surface area contributed by atoms with Crippen molar-refractivity contribution >= 4 is 45.9 Å². The average Bonchev–Trinajstić information content (AvgIpc) is 3.01. The molecule has 0 bridgehead atoms. The Balaban J connectivity index is 1.26. The smallest absolute Gasteiger partial charge is 0.0602 e. The van der Waals surface area contributed by atoms with Crippen LogP contribution in [0.3, 0.4) is 0 Å². The average molecular weight is 519 g/mol. The second-order valence-electron chi connectivity index (χ2n) is 9.48. The molecule has 0 aromatic heterocycles. The van der Waals surface area contributed by atoms with Crippen molar-refractivity contribution in [1.29, 1.82) is 0 Å². The Hall–Kier alpha value is -4.73. The molecule has 1 heterocycles. The maximum atomic E-state index is 2.37. The fourth-order valence-corrected chi connectivity index (χ4v) is 6.29. The number of fused-ring (bicyclic) bond motifs is 2. The van der Waals surface area contributed by atoms with Gasteiger partial charge in [-0.05, 0) is 83.9 Å². The van der Waals surface area contributed by atoms with Gasteiger partial charge >= 0.3 is 0 Å². The first-order valence-corrected chi connectivity index (χ1v) is 13.9. The zero-order chi connectivity index (χ0) is 26.0. The normalized spacial score (nSPS) is 11.9. The standard InChI is InChI=1S/C36H26N2S/c1-4-12-29(13-5-1)37(30-14-6-2-7-15-30)32-23-20-27(21-24-32)28-22-25-34-36(26-28)39-35-19-11-10-18-33(35)38(34)31-16-8-3-9-17-31/h1-26H. The van der Waals surface area contributed by atoms with Crippen LogP contribution >= 0.6 is 11.8 Å². The van der Waals surface area contributed by atoms with Gasteiger partial charge in [0.2, 0.25) is 0 Å². The van der Waals surface area contributed by atoms with Crippen LogP contribution in [0.4, 0.5) is 34.1 Å². The van der Waals surface area contributed by atoms with Gasteiger partial charge in [-0.15, -0.1) is 0 Å². The van der Waals surface area contributed by atoms with Gasteiger partial charge in [-0.1, -0.05) is 96.7 Å². The van der Waals surface area contributed by atoms with Gasteiger partial charge in [-0.25, -0.2) is 0 Å². The molecule has 0 atom stereocenters. The Kier molecular flexibility index (Phi) is 6.12. The van der Waals surface area contributed by atoms with Crippen molar-refractivity contribution in [1.82, 2.24) is 0 Å². The van der Waals surface area contributed by atoms with E-state index in [-0.39, 0.29) is 0 Å². The summed E-state index contributed by atoms with van der Waals surface area (Å²) in [4.78, 5) is 7.18. The molecule has 3 heteroatoms. The van der Waals surface area contributed by atoms with Crippen LogP contribution < -0.4 is 9.80 Å². The lowest BCUT2D eigenvalue weighted by molar-refractivity contribution is 1.17. The number of benzene rings is 6. The van der Waals surface area contributed by atoms with Gasteiger partial charge in [0.1, 0.15) is 0 Å². The summed E-state index contributed by atoms with van der Waals surface area (Å²) in [6, 6.07) is 56.0. The highest BCUT2D eigenvalue weighted by Crippen LogP contribution is 2.52. The van der Waals surface area contributed by atoms with E-state index in [9.17, 15) is 0 Å². The Morgan fingerprint density at radius 1 is 0.410 bits per heavy atom. The molecule has 6 aromatic rings. The Morgan fingerprint density at radius 2 is 0.923 bits per heavy atom. The molecule has 0 radical (unpaired) electrons. The summed E-state index contributed by atoms with van der Waals surface area (Å²) in [6.07, 6.45) is 0. The molecule has 39 heavy (non-hydrogen) atoms. The van der Waals surface area contributed by atoms with Crippen molar-refractivity contribution in [2.24, 2.45) is 0 Å². The van der Waals surface area contributed by atoms with Crippen molar-refractivity contribution in [3.05, 3.63) is 158 Å². The minimum atomic E-state index is 1.13. The molecule has 0 N–H and O–H groups in total. The van der Waals surface area contributed by atoms with Crippen LogP contribution in [-0.2, 0) is 0 Å². The molecule has 186 valence electrons. The van der Waals surface area contributed by atoms with Crippen LogP contribution in [0.2, 0.25) is 0 Å². The van der Waals surface area contributed by atoms with E-state index in [0.29, 0.717) is 0 Å². The topological polar surface area (TPSA) is 6.48 Å². The summed E-state index contributed by atoms with van der Waals surface area (Å²) >= 11 is 1.84. The molecule has 0 unspecified atom stereocenters. The first-order valence-electron chi connectivity index (χ1n) is 13.1. The minimum Gasteiger partial charge on any atom is -0.311 e. The van der Waals surface area contributed by atoms with Gasteiger partial charge in [-0.3, -0.25) is 0 Å². The fraction of sp³-hybridized carbons (Fsp3) is 0. The summed E-state index contributed by atoms with van der Waals surface area (Å²) in [5.41, 5.74) is 9.44. The molecular formula is C36H26N2S. The monoisotopic (exact) mass is 518 g/mol. The van der Waals surface area contributed by atoms with Crippen LogP contribution in [0.25, 0.3) is 11.1 Å². The SMILES string of the molecule is c1ccc(N(c2ccccc2)c2ccc(-c3ccc4c(c3)Sc3ccccc3N4c3ccccc3)cc2)cc1. The van der Waals surface area contributed by atoms with Crippen LogP contribution in [0.5, 0.6) is 0 Å². The lowest BCUT2D eigenvalue weighted by atomic mass is 10.0. The molecular weight excluding hydrogens is 492 g/mol. The second kappa shape index (κ2) is 10.2. The predicted octanol–water partition coefficient (Wildman–Crippen LogP) is 10.8. The number of para-hydroxylation sites is 4. The van der Waals surface area contributed by atoms with E-state index in [1.54, 1.807) is 0 Å². The van der Waals surface area contributed by atoms with Crippen molar-refractivity contribution in [3.63, 3.8) is 0 Å². The zero-order valence-corrected chi connectivity index (χ0v) is 22.1. The van der Waals surface area contributed by atoms with Gasteiger partial charge in [0, 0.05) is 32.5 Å². The van der Waals surface area contributed by atoms with Gasteiger partial charge in [0.25, 0.3) is 0 Å². The highest BCUT2D eigenvalue weighted by Gasteiger charge is 2.25. The van der Waals surface area contributed by atoms with Crippen LogP contribution in [0, 0.1) is 0 Å². The first kappa shape index (κ1) is 23.4. The van der Waals surface area contributed by atoms with Gasteiger partial charge in [-0.2, -0.15) is 0 Å². The summed E-state index contributed by atoms with van der Waals surface area (Å²) in [6.45, 7) is 0. The number of hydrogen-bond donors (Lipinski definition) is 0. The molecule has 6 aromatic carbocycles. The number of anilines is 6. The molecule has 0 saturated heterocycles. The van der Waals surface area contributed by atoms with Crippen molar-refractivity contribution in [3.8, 4) is 11.1 Å². The number of hydrogen-bond acceptors (Lipinski definition) is 3. The van der Waals surface area contributed by atoms with E-state index >= 15 is 0 Å². The third-order valence-corrected chi connectivity index (χ3v) is 8.14. The zero-order valence-electron chi connectivity index (χ0n) is 21.3. The van der Waals surface area contributed by atoms with Crippen LogP contribution in [0.15, 0.2) is 168 Å². The quantitative estimate of drug-likeness (QED) is 0.224. The molecule has 1 aliphatic heterocycles. The third kappa shape index (κ3) is 4.47. The maximum Gasteiger partial charge on any atom is 0.0602 e. The molecule has 2 nitrogen and oxygen atoms in total. The van der Waals surface area contributed by atoms with Gasteiger partial charge in [0.05, 0.1) is 11.4 Å². The fourth-order valence-electron chi connectivity index (χ4n) is 5.20. The third-order valence-electron chi connectivity index (χ3n) is 7.03. The van der Waals surface area contributed by atoms with E-state index < -0.39 is 0 Å². The lowest BCUT2D eigenvalue weighted by Crippen LogP contribution is -2.14. The second-order valence-corrected chi connectivity index (χ2v) is 10.6. The molecule has 0 aliphatic carbocycles. The van der Waals surface area contributed by atoms with E-state index in [1.807, 2.05) is 11.8 Å². The Morgan fingerprint density at radius 3 is 1.59 bits per heavy atom. The molecule has 0 spiro atoms. The molecule has 1 aliphatic rings. The summed E-state index contributed by atoms with van der Waals surface area (Å²) in [5, 5.41) is 0. The van der Waals surface area contributed by atoms with Crippen molar-refractivity contribution in [2.75, 3.05) is 9.80 Å². The highest BCUT2D eigenvalue weighted by molar-refractivity contribution is 7.99. The Bertz CT molecular complexity index is 1680. The minimum absolute atomic E-state index is 1.13. The largest absolute Gasteiger partial charge is 0.311 e. The van der Waals surface area contributed by atoms with Crippen molar-refractivity contribution < 1.29 is 0 Å². The van der Waals surface area contributed by atoms with E-state index in [1.165, 1.54) is 38.0 Å². The van der Waals surface area contributed by atoms with Gasteiger partial charge in [0.15, 0.2) is 0 Å². The predicted molar refractivity (Wildman–Crippen MR) is 165 cm³/mol. The maximum absolute atomic E-state index is 2.37. The number of rotatable bonds is 5. The number of nitrogens with zero attached hydrogens (tertiary/aromatic N) is 2. The summed E-state index contributed by atoms with van der Waals surface area (Å²) in [5.74, 6) is 0. The molecule has 7 rings (SSSR count). The molecule has 0 saturated carbocycles. The highest BCUT2D eigenvalue weighted by atomic mass is 32.2. The van der Waals surface area contributed by atoms with Crippen LogP contribution in [-0.4, -0.2) is 0 Å². The van der Waals surface area contributed by atoms with E-state index in [0.717, 1.165) is 17.1 Å². The summed E-state index contributed by atoms with van der Waals surface area (Å²) in [7, 11) is 0. The lowest BCUT2D eigenvalue weighted by Gasteiger charge is -2.33. The summed E-state index contributed by atoms with van der Waals surface area (Å²) < 4.78 is 0. The van der Waals surface area contributed by atoms with Crippen molar-refractivity contribution in [2.45, 2.75) is 9.79 Å². The molecule has 0 amide bonds. The van der Waals surface area contributed by atoms with E-state index in [2.05, 4.69) is 168 Å². The van der Waals surface area contributed by atoms with E-state index in [4.69, 9.17) is 0 Å². The Labute approximate surface area is 233 Å². The van der Waals surface area contributed by atoms with Gasteiger partial charge < -0.3 is 9.80 Å². The molecule has 0 fully saturated rings. The van der Waals surface area contributed by atoms with Crippen LogP contribution in [0.1, 0.15) is 0 Å².